The lowest BCUT2D eigenvalue weighted by Crippen LogP contribution is -2.21. The van der Waals surface area contributed by atoms with Crippen LogP contribution in [0.5, 0.6) is 0 Å². The predicted molar refractivity (Wildman–Crippen MR) is 185 cm³/mol. The van der Waals surface area contributed by atoms with Gasteiger partial charge in [0.1, 0.15) is 0 Å². The summed E-state index contributed by atoms with van der Waals surface area (Å²) in [6, 6.07) is 14.5. The lowest BCUT2D eigenvalue weighted by Gasteiger charge is -2.18. The third-order valence-corrected chi connectivity index (χ3v) is 6.02. The van der Waals surface area contributed by atoms with Gasteiger partial charge in [-0.3, -0.25) is 9.59 Å². The number of H-pyrrole nitrogens is 1. The maximum Gasteiger partial charge on any atom is 0.251 e. The fourth-order valence-corrected chi connectivity index (χ4v) is 3.82. The summed E-state index contributed by atoms with van der Waals surface area (Å²) in [6.07, 6.45) is 0.972. The number of carbonyl (C=O) groups is 1. The number of aromatic nitrogens is 1. The van der Waals surface area contributed by atoms with Crippen molar-refractivity contribution in [2.24, 2.45) is 22.9 Å². The van der Waals surface area contributed by atoms with Gasteiger partial charge in [0.25, 0.3) is 5.56 Å². The Morgan fingerprint density at radius 3 is 1.88 bits per heavy atom. The zero-order valence-corrected chi connectivity index (χ0v) is 28.2. The Morgan fingerprint density at radius 1 is 0.907 bits per heavy atom. The number of pyridine rings is 1. The van der Waals surface area contributed by atoms with Crippen molar-refractivity contribution in [3.05, 3.63) is 86.3 Å². The molecule has 2 heterocycles. The number of hydrogen-bond acceptors (Lipinski definition) is 7. The van der Waals surface area contributed by atoms with Gasteiger partial charge < -0.3 is 38.0 Å². The van der Waals surface area contributed by atoms with Gasteiger partial charge in [-0.05, 0) is 102 Å². The first-order valence-electron chi connectivity index (χ1n) is 15.0. The first-order valence-corrected chi connectivity index (χ1v) is 15.0. The molecule has 0 radical (unpaired) electrons. The smallest absolute Gasteiger partial charge is 0.251 e. The monoisotopic (exact) mass is 598 g/mol. The number of carbonyl (C=O) groups excluding carboxylic acids is 1. The molecule has 1 amide bonds. The second-order valence-corrected chi connectivity index (χ2v) is 9.54. The summed E-state index contributed by atoms with van der Waals surface area (Å²) in [7, 11) is 1.50. The molecule has 0 aliphatic carbocycles. The second kappa shape index (κ2) is 24.0. The molecule has 1 fully saturated rings. The van der Waals surface area contributed by atoms with Crippen LogP contribution in [0.25, 0.3) is 11.1 Å². The average Bonchev–Trinajstić information content (AvgIpc) is 3.50. The highest BCUT2D eigenvalue weighted by atomic mass is 16.5. The Bertz CT molecular complexity index is 1230. The molecule has 9 heteroatoms. The normalized spacial score (nSPS) is 12.6. The van der Waals surface area contributed by atoms with Gasteiger partial charge in [-0.15, -0.1) is 0 Å². The fraction of sp³-hybridized carbons (Fsp3) is 0.471. The van der Waals surface area contributed by atoms with E-state index in [2.05, 4.69) is 53.3 Å². The molecule has 2 aromatic carbocycles. The van der Waals surface area contributed by atoms with Crippen LogP contribution in [0.4, 0.5) is 5.69 Å². The van der Waals surface area contributed by atoms with Crippen molar-refractivity contribution in [3.63, 3.8) is 0 Å². The Morgan fingerprint density at radius 2 is 1.44 bits per heavy atom. The fourth-order valence-electron chi connectivity index (χ4n) is 3.82. The summed E-state index contributed by atoms with van der Waals surface area (Å²) in [6.45, 7) is 20.4. The minimum absolute atomic E-state index is 0.0255. The van der Waals surface area contributed by atoms with Crippen LogP contribution >= 0.6 is 0 Å². The van der Waals surface area contributed by atoms with Crippen LogP contribution in [0.15, 0.2) is 47.3 Å². The number of hydrogen-bond donors (Lipinski definition) is 6. The van der Waals surface area contributed by atoms with Crippen LogP contribution in [0.3, 0.4) is 0 Å². The van der Waals surface area contributed by atoms with Crippen LogP contribution < -0.4 is 33.8 Å². The standard InChI is InChI=1S/C19H22N2O2.C8H11NO.2C2H7N.C2H6.CH5N/c1-12-3-5-14(6-4-12)15-9-17(19(20)22)13(2)18(10-15)21-16-7-8-23-11-16;1-5-4-6(2)9-8(10)7(5)3;2*1-2-3;2*1-2/h3-6,9-10,16,21H,7-8,11H2,1-2H3,(H2,20,22);4H,1-3H3,(H,9,10);2*2-3H2,1H3;1-2H3;2H2,1H3. The number of aromatic amines is 1. The molecule has 10 N–H and O–H groups in total. The van der Waals surface area contributed by atoms with E-state index in [0.29, 0.717) is 12.2 Å². The lowest BCUT2D eigenvalue weighted by molar-refractivity contribution is 0.0999. The van der Waals surface area contributed by atoms with Gasteiger partial charge in [0.15, 0.2) is 0 Å². The number of ether oxygens (including phenoxy) is 1. The summed E-state index contributed by atoms with van der Waals surface area (Å²) in [5.41, 5.74) is 28.3. The number of amides is 1. The SMILES string of the molecule is CC.CCN.CCN.CN.Cc1cc(C)c(C)c(=O)[nH]1.Cc1ccc(-c2cc(NC3CCOC3)c(C)c(C(N)=O)c2)cc1. The van der Waals surface area contributed by atoms with Crippen LogP contribution in [0.2, 0.25) is 0 Å². The van der Waals surface area contributed by atoms with Gasteiger partial charge in [-0.25, -0.2) is 0 Å². The van der Waals surface area contributed by atoms with E-state index >= 15 is 0 Å². The number of nitrogens with one attached hydrogen (secondary N) is 2. The second-order valence-electron chi connectivity index (χ2n) is 9.54. The predicted octanol–water partition coefficient (Wildman–Crippen LogP) is 5.10. The molecule has 0 bridgehead atoms. The quantitative estimate of drug-likeness (QED) is 0.242. The van der Waals surface area contributed by atoms with Crippen LogP contribution in [-0.4, -0.2) is 50.3 Å². The topological polar surface area (TPSA) is 175 Å². The number of primary amides is 1. The van der Waals surface area contributed by atoms with Gasteiger partial charge in [0.05, 0.1) is 12.6 Å². The van der Waals surface area contributed by atoms with Crippen LogP contribution in [0.1, 0.15) is 72.4 Å². The van der Waals surface area contributed by atoms with E-state index in [9.17, 15) is 9.59 Å². The van der Waals surface area contributed by atoms with Gasteiger partial charge >= 0.3 is 0 Å². The Kier molecular flexibility index (Phi) is 23.2. The first kappa shape index (κ1) is 41.6. The summed E-state index contributed by atoms with van der Waals surface area (Å²) < 4.78 is 5.42. The summed E-state index contributed by atoms with van der Waals surface area (Å²) in [4.78, 5) is 25.5. The van der Waals surface area contributed by atoms with Gasteiger partial charge in [0.2, 0.25) is 5.91 Å². The molecule has 1 unspecified atom stereocenters. The largest absolute Gasteiger partial charge is 0.380 e. The van der Waals surface area contributed by atoms with Gasteiger partial charge in [-0.1, -0.05) is 57.5 Å². The molecule has 1 aromatic heterocycles. The molecular formula is C34H58N6O3. The van der Waals surface area contributed by atoms with Crippen LogP contribution in [-0.2, 0) is 4.74 Å². The Hall–Kier alpha value is -3.50. The van der Waals surface area contributed by atoms with E-state index in [0.717, 1.165) is 65.3 Å². The lowest BCUT2D eigenvalue weighted by atomic mass is 9.96. The minimum Gasteiger partial charge on any atom is -0.380 e. The van der Waals surface area contributed by atoms with E-state index < -0.39 is 5.91 Å². The van der Waals surface area contributed by atoms with E-state index in [1.54, 1.807) is 0 Å². The molecule has 0 spiro atoms. The molecule has 1 aliphatic heterocycles. The summed E-state index contributed by atoms with van der Waals surface area (Å²) in [5, 5.41) is 3.49. The van der Waals surface area contributed by atoms with Crippen molar-refractivity contribution in [2.45, 2.75) is 74.8 Å². The molecule has 3 aromatic rings. The zero-order valence-electron chi connectivity index (χ0n) is 28.2. The molecule has 4 rings (SSSR count). The number of nitrogens with two attached hydrogens (primary N) is 4. The van der Waals surface area contributed by atoms with Crippen molar-refractivity contribution in [1.29, 1.82) is 0 Å². The van der Waals surface area contributed by atoms with Crippen molar-refractivity contribution in [3.8, 4) is 11.1 Å². The maximum atomic E-state index is 11.8. The Balaban J connectivity index is 0. The molecule has 1 aliphatic rings. The van der Waals surface area contributed by atoms with E-state index in [1.165, 1.54) is 12.6 Å². The van der Waals surface area contributed by atoms with Crippen molar-refractivity contribution in [2.75, 3.05) is 38.7 Å². The number of aryl methyl sites for hydroxylation is 3. The van der Waals surface area contributed by atoms with E-state index in [-0.39, 0.29) is 11.6 Å². The average molecular weight is 599 g/mol. The molecule has 0 saturated carbocycles. The van der Waals surface area contributed by atoms with Gasteiger partial charge in [0, 0.05) is 29.1 Å². The minimum atomic E-state index is -0.401. The van der Waals surface area contributed by atoms with Crippen molar-refractivity contribution >= 4 is 11.6 Å². The highest BCUT2D eigenvalue weighted by molar-refractivity contribution is 5.97. The third kappa shape index (κ3) is 15.5. The highest BCUT2D eigenvalue weighted by Crippen LogP contribution is 2.30. The molecule has 1 saturated heterocycles. The number of rotatable bonds is 4. The summed E-state index contributed by atoms with van der Waals surface area (Å²) >= 11 is 0. The van der Waals surface area contributed by atoms with E-state index in [4.69, 9.17) is 21.9 Å². The summed E-state index contributed by atoms with van der Waals surface area (Å²) in [5.74, 6) is -0.401. The number of benzene rings is 2. The van der Waals surface area contributed by atoms with Gasteiger partial charge in [-0.2, -0.15) is 0 Å². The molecule has 1 atom stereocenters. The Labute approximate surface area is 259 Å². The zero-order chi connectivity index (χ0) is 33.5. The molecular weight excluding hydrogens is 540 g/mol. The van der Waals surface area contributed by atoms with E-state index in [1.807, 2.05) is 67.5 Å². The molecule has 9 nitrogen and oxygen atoms in total. The maximum absolute atomic E-state index is 11.8. The molecule has 43 heavy (non-hydrogen) atoms. The van der Waals surface area contributed by atoms with Crippen LogP contribution in [0, 0.1) is 34.6 Å². The molecule has 242 valence electrons. The highest BCUT2D eigenvalue weighted by Gasteiger charge is 2.19. The van der Waals surface area contributed by atoms with Crippen molar-refractivity contribution in [1.82, 2.24) is 4.98 Å². The number of anilines is 1. The third-order valence-electron chi connectivity index (χ3n) is 6.02. The first-order chi connectivity index (χ1) is 20.5. The van der Waals surface area contributed by atoms with Crippen molar-refractivity contribution < 1.29 is 9.53 Å².